The minimum Gasteiger partial charge on any atom is -0.473 e. The molecule has 9 nitrogen and oxygen atoms in total. The van der Waals surface area contributed by atoms with Gasteiger partial charge in [0.1, 0.15) is 29.8 Å². The molecule has 0 amide bonds. The first kappa shape index (κ1) is 24.2. The van der Waals surface area contributed by atoms with Crippen molar-refractivity contribution in [2.75, 3.05) is 13.7 Å². The summed E-state index contributed by atoms with van der Waals surface area (Å²) >= 11 is 0. The van der Waals surface area contributed by atoms with Gasteiger partial charge in [-0.3, -0.25) is 14.4 Å². The maximum atomic E-state index is 13.7. The third kappa shape index (κ3) is 3.32. The Kier molecular flexibility index (Phi) is 5.78. The quantitative estimate of drug-likeness (QED) is 0.584. The Morgan fingerprint density at radius 3 is 2.50 bits per heavy atom. The smallest absolute Gasteiger partial charge is 0.342 e. The van der Waals surface area contributed by atoms with Crippen molar-refractivity contribution in [1.82, 2.24) is 0 Å². The Hall–Kier alpha value is -3.46. The van der Waals surface area contributed by atoms with Crippen molar-refractivity contribution in [3.8, 4) is 0 Å². The van der Waals surface area contributed by atoms with E-state index in [4.69, 9.17) is 18.6 Å². The van der Waals surface area contributed by atoms with Gasteiger partial charge < -0.3 is 23.0 Å². The Morgan fingerprint density at radius 1 is 1.17 bits per heavy atom. The van der Waals surface area contributed by atoms with Crippen molar-refractivity contribution >= 4 is 23.5 Å². The maximum absolute atomic E-state index is 13.7. The Morgan fingerprint density at radius 2 is 1.89 bits per heavy atom. The van der Waals surface area contributed by atoms with Crippen LogP contribution in [0.5, 0.6) is 0 Å². The first-order chi connectivity index (χ1) is 17.1. The predicted octanol–water partition coefficient (Wildman–Crippen LogP) is 3.82. The number of cyclic esters (lactones) is 1. The van der Waals surface area contributed by atoms with Gasteiger partial charge in [-0.2, -0.15) is 0 Å². The van der Waals surface area contributed by atoms with Gasteiger partial charge in [-0.25, -0.2) is 4.79 Å². The second-order valence-electron chi connectivity index (χ2n) is 10.1. The van der Waals surface area contributed by atoms with Gasteiger partial charge in [0.2, 0.25) is 5.78 Å². The second kappa shape index (κ2) is 8.58. The first-order valence-corrected chi connectivity index (χ1v) is 11.9. The zero-order valence-electron chi connectivity index (χ0n) is 20.6. The fraction of sp³-hybridized carbons (Fsp3) is 0.481. The summed E-state index contributed by atoms with van der Waals surface area (Å²) in [6.45, 7) is 5.11. The first-order valence-electron chi connectivity index (χ1n) is 11.9. The van der Waals surface area contributed by atoms with Crippen molar-refractivity contribution in [3.05, 3.63) is 59.0 Å². The van der Waals surface area contributed by atoms with Gasteiger partial charge in [-0.15, -0.1) is 0 Å². The van der Waals surface area contributed by atoms with Crippen LogP contribution in [0.2, 0.25) is 0 Å². The lowest BCUT2D eigenvalue weighted by Crippen LogP contribution is -2.57. The molecule has 3 aliphatic carbocycles. The number of ketones is 2. The Bertz CT molecular complexity index is 1250. The van der Waals surface area contributed by atoms with E-state index in [1.807, 2.05) is 26.0 Å². The molecule has 1 aliphatic heterocycles. The molecule has 190 valence electrons. The Labute approximate surface area is 207 Å². The molecule has 0 bridgehead atoms. The normalized spacial score (nSPS) is 32.1. The van der Waals surface area contributed by atoms with Crippen LogP contribution in [0.3, 0.4) is 0 Å². The van der Waals surface area contributed by atoms with Crippen LogP contribution in [0.1, 0.15) is 66.5 Å². The van der Waals surface area contributed by atoms with Gasteiger partial charge in [0, 0.05) is 49.3 Å². The third-order valence-electron chi connectivity index (χ3n) is 8.12. The summed E-state index contributed by atoms with van der Waals surface area (Å²) in [4.78, 5) is 51.2. The zero-order valence-corrected chi connectivity index (χ0v) is 20.6. The highest BCUT2D eigenvalue weighted by Gasteiger charge is 2.64. The van der Waals surface area contributed by atoms with E-state index in [9.17, 15) is 19.2 Å². The molecule has 2 aromatic heterocycles. The number of rotatable bonds is 3. The highest BCUT2D eigenvalue weighted by molar-refractivity contribution is 6.14. The fourth-order valence-corrected chi connectivity index (χ4v) is 6.51. The molecule has 5 atom stereocenters. The van der Waals surface area contributed by atoms with Crippen LogP contribution in [0, 0.1) is 11.3 Å². The highest BCUT2D eigenvalue weighted by Crippen LogP contribution is 2.61. The number of furan rings is 2. The SMILES string of the molecule is COC[C@H]1OC(=O)c2coc3c2[C@@]1(C)C1=C(C3=O)C2CCC(=O)[C@@]2(C)C[C@H]1OC(C)=O.c1ccoc1. The van der Waals surface area contributed by atoms with Gasteiger partial charge in [-0.1, -0.05) is 6.92 Å². The predicted molar refractivity (Wildman–Crippen MR) is 123 cm³/mol. The molecule has 3 heterocycles. The van der Waals surface area contributed by atoms with Crippen LogP contribution < -0.4 is 0 Å². The molecular formula is C27H28O9. The molecule has 0 saturated heterocycles. The molecule has 0 radical (unpaired) electrons. The van der Waals surface area contributed by atoms with E-state index in [1.165, 1.54) is 20.3 Å². The maximum Gasteiger partial charge on any atom is 0.342 e. The van der Waals surface area contributed by atoms with E-state index >= 15 is 0 Å². The van der Waals surface area contributed by atoms with Crippen LogP contribution in [-0.2, 0) is 29.2 Å². The monoisotopic (exact) mass is 496 g/mol. The number of carbonyl (C=O) groups excluding carboxylic acids is 4. The van der Waals surface area contributed by atoms with Crippen LogP contribution in [0.4, 0.5) is 0 Å². The van der Waals surface area contributed by atoms with Gasteiger partial charge in [0.05, 0.1) is 24.5 Å². The standard InChI is InChI=1S/C23H24O8.C4H4O/c1-10(24)30-13-7-22(2)12(5-6-14(22)25)16-18(13)23(3)15(9-28-4)31-21(27)11-8-29-20(17(11)23)19(16)26;1-2-4-5-3-1/h8,12-13,15H,5-7,9H2,1-4H3;1-4H/t12?,13-,15-,22+,23+;/m1./s1. The lowest BCUT2D eigenvalue weighted by Gasteiger charge is -2.51. The third-order valence-corrected chi connectivity index (χ3v) is 8.12. The molecule has 9 heteroatoms. The summed E-state index contributed by atoms with van der Waals surface area (Å²) in [6, 6.07) is 3.67. The number of hydrogen-bond donors (Lipinski definition) is 0. The average Bonchev–Trinajstić information content (AvgIpc) is 3.58. The number of hydrogen-bond acceptors (Lipinski definition) is 9. The zero-order chi connectivity index (χ0) is 25.8. The van der Waals surface area contributed by atoms with Crippen molar-refractivity contribution in [1.29, 1.82) is 0 Å². The summed E-state index contributed by atoms with van der Waals surface area (Å²) in [5.74, 6) is -1.58. The number of methoxy groups -OCH3 is 1. The van der Waals surface area contributed by atoms with Gasteiger partial charge in [-0.05, 0) is 31.1 Å². The number of fused-ring (bicyclic) bond motifs is 3. The minimum atomic E-state index is -0.988. The number of allylic oxidation sites excluding steroid dienone is 1. The van der Waals surface area contributed by atoms with Crippen LogP contribution >= 0.6 is 0 Å². The summed E-state index contributed by atoms with van der Waals surface area (Å²) in [7, 11) is 1.50. The van der Waals surface area contributed by atoms with Gasteiger partial charge >= 0.3 is 11.9 Å². The summed E-state index contributed by atoms with van der Waals surface area (Å²) in [5, 5.41) is 0. The van der Waals surface area contributed by atoms with E-state index in [2.05, 4.69) is 4.42 Å². The molecular weight excluding hydrogens is 468 g/mol. The van der Waals surface area contributed by atoms with Gasteiger partial charge in [0.15, 0.2) is 5.76 Å². The number of Topliss-reactive ketones (excluding diaryl/α,β-unsaturated/α-hetero) is 2. The van der Waals surface area contributed by atoms with Gasteiger partial charge in [0.25, 0.3) is 0 Å². The van der Waals surface area contributed by atoms with Crippen molar-refractivity contribution in [3.63, 3.8) is 0 Å². The molecule has 4 aliphatic rings. The molecule has 6 rings (SSSR count). The lowest BCUT2D eigenvalue weighted by atomic mass is 9.54. The Balaban J connectivity index is 0.000000477. The van der Waals surface area contributed by atoms with Crippen molar-refractivity contribution in [2.45, 2.75) is 57.7 Å². The van der Waals surface area contributed by atoms with Crippen molar-refractivity contribution < 1.29 is 42.2 Å². The van der Waals surface area contributed by atoms with Crippen LogP contribution in [-0.4, -0.2) is 49.4 Å². The molecule has 1 saturated carbocycles. The average molecular weight is 497 g/mol. The largest absolute Gasteiger partial charge is 0.473 e. The molecule has 36 heavy (non-hydrogen) atoms. The summed E-state index contributed by atoms with van der Waals surface area (Å²) < 4.78 is 27.0. The number of ether oxygens (including phenoxy) is 3. The molecule has 1 unspecified atom stereocenters. The summed E-state index contributed by atoms with van der Waals surface area (Å²) in [5.41, 5.74) is -0.0741. The minimum absolute atomic E-state index is 0.0635. The lowest BCUT2D eigenvalue weighted by molar-refractivity contribution is -0.149. The highest BCUT2D eigenvalue weighted by atomic mass is 16.6. The van der Waals surface area contributed by atoms with Crippen molar-refractivity contribution in [2.24, 2.45) is 11.3 Å². The van der Waals surface area contributed by atoms with E-state index < -0.39 is 35.0 Å². The van der Waals surface area contributed by atoms with Crippen LogP contribution in [0.25, 0.3) is 0 Å². The fourth-order valence-electron chi connectivity index (χ4n) is 6.51. The van der Waals surface area contributed by atoms with E-state index in [0.717, 1.165) is 0 Å². The van der Waals surface area contributed by atoms with E-state index in [0.29, 0.717) is 29.6 Å². The summed E-state index contributed by atoms with van der Waals surface area (Å²) in [6.07, 6.45) is 4.16. The second-order valence-corrected chi connectivity index (χ2v) is 10.1. The molecule has 0 N–H and O–H groups in total. The molecule has 2 aromatic rings. The molecule has 0 aromatic carbocycles. The van der Waals surface area contributed by atoms with E-state index in [-0.39, 0.29) is 41.8 Å². The topological polar surface area (TPSA) is 122 Å². The van der Waals surface area contributed by atoms with Crippen LogP contribution in [0.15, 0.2) is 50.9 Å². The number of esters is 2. The molecule has 0 spiro atoms. The molecule has 1 fully saturated rings. The number of carbonyl (C=O) groups is 4. The van der Waals surface area contributed by atoms with E-state index in [1.54, 1.807) is 12.5 Å².